The standard InChI is InChI=1S/C17H20ClN3O2/c18-16-7-6-14(11-20-16)8-9-19-17(23)21-12-15(22)10-13-4-2-1-3-5-13/h1-7,11,15,22H,8-10,12H2,(H2,19,21,23). The number of aliphatic hydroxyl groups is 1. The van der Waals surface area contributed by atoms with Gasteiger partial charge in [0.2, 0.25) is 0 Å². The Bertz CT molecular complexity index is 605. The Morgan fingerprint density at radius 1 is 1.13 bits per heavy atom. The third kappa shape index (κ3) is 6.67. The number of benzene rings is 1. The summed E-state index contributed by atoms with van der Waals surface area (Å²) in [6.45, 7) is 0.702. The van der Waals surface area contributed by atoms with Crippen molar-refractivity contribution in [2.24, 2.45) is 0 Å². The van der Waals surface area contributed by atoms with E-state index in [4.69, 9.17) is 11.6 Å². The second-order valence-electron chi connectivity index (χ2n) is 5.22. The lowest BCUT2D eigenvalue weighted by atomic mass is 10.1. The molecule has 0 radical (unpaired) electrons. The molecule has 0 bridgehead atoms. The molecule has 122 valence electrons. The van der Waals surface area contributed by atoms with Gasteiger partial charge in [-0.3, -0.25) is 0 Å². The van der Waals surface area contributed by atoms with Crippen LogP contribution >= 0.6 is 11.6 Å². The Labute approximate surface area is 140 Å². The Hall–Kier alpha value is -2.11. The molecule has 1 unspecified atom stereocenters. The summed E-state index contributed by atoms with van der Waals surface area (Å²) in [7, 11) is 0. The van der Waals surface area contributed by atoms with E-state index in [1.54, 1.807) is 12.3 Å². The SMILES string of the molecule is O=C(NCCc1ccc(Cl)nc1)NCC(O)Cc1ccccc1. The minimum absolute atomic E-state index is 0.212. The van der Waals surface area contributed by atoms with E-state index in [9.17, 15) is 9.90 Å². The van der Waals surface area contributed by atoms with Crippen LogP contribution in [-0.2, 0) is 12.8 Å². The number of amides is 2. The Morgan fingerprint density at radius 2 is 1.91 bits per heavy atom. The molecule has 2 aromatic rings. The smallest absolute Gasteiger partial charge is 0.314 e. The average Bonchev–Trinajstić information content (AvgIpc) is 2.56. The molecule has 0 saturated carbocycles. The van der Waals surface area contributed by atoms with Crippen LogP contribution in [0.25, 0.3) is 0 Å². The van der Waals surface area contributed by atoms with Crippen LogP contribution in [0.3, 0.4) is 0 Å². The molecule has 0 aliphatic rings. The number of carbonyl (C=O) groups is 1. The van der Waals surface area contributed by atoms with E-state index in [0.717, 1.165) is 11.1 Å². The zero-order chi connectivity index (χ0) is 16.5. The average molecular weight is 334 g/mol. The molecule has 0 fully saturated rings. The van der Waals surface area contributed by atoms with E-state index < -0.39 is 6.10 Å². The number of aromatic nitrogens is 1. The van der Waals surface area contributed by atoms with Crippen LogP contribution in [0.4, 0.5) is 4.79 Å². The topological polar surface area (TPSA) is 74.2 Å². The van der Waals surface area contributed by atoms with E-state index >= 15 is 0 Å². The van der Waals surface area contributed by atoms with Crippen molar-refractivity contribution in [2.75, 3.05) is 13.1 Å². The van der Waals surface area contributed by atoms with Crippen LogP contribution in [0, 0.1) is 0 Å². The molecule has 1 atom stereocenters. The molecule has 1 heterocycles. The van der Waals surface area contributed by atoms with E-state index in [-0.39, 0.29) is 12.6 Å². The second kappa shape index (κ2) is 9.12. The molecule has 1 aromatic heterocycles. The highest BCUT2D eigenvalue weighted by molar-refractivity contribution is 6.29. The van der Waals surface area contributed by atoms with Gasteiger partial charge in [0.25, 0.3) is 0 Å². The first-order valence-corrected chi connectivity index (χ1v) is 7.85. The van der Waals surface area contributed by atoms with Crippen molar-refractivity contribution in [3.63, 3.8) is 0 Å². The predicted molar refractivity (Wildman–Crippen MR) is 90.5 cm³/mol. The first kappa shape index (κ1) is 17.2. The quantitative estimate of drug-likeness (QED) is 0.680. The van der Waals surface area contributed by atoms with E-state index in [1.807, 2.05) is 36.4 Å². The number of hydrogen-bond acceptors (Lipinski definition) is 3. The molecule has 0 aliphatic heterocycles. The summed E-state index contributed by atoms with van der Waals surface area (Å²) in [4.78, 5) is 15.7. The number of carbonyl (C=O) groups excluding carboxylic acids is 1. The zero-order valence-corrected chi connectivity index (χ0v) is 13.5. The minimum Gasteiger partial charge on any atom is -0.391 e. The molecule has 23 heavy (non-hydrogen) atoms. The number of nitrogens with one attached hydrogen (secondary N) is 2. The van der Waals surface area contributed by atoms with Crippen LogP contribution < -0.4 is 10.6 Å². The van der Waals surface area contributed by atoms with Gasteiger partial charge in [-0.05, 0) is 23.6 Å². The van der Waals surface area contributed by atoms with Gasteiger partial charge in [-0.1, -0.05) is 48.0 Å². The monoisotopic (exact) mass is 333 g/mol. The van der Waals surface area contributed by atoms with E-state index in [2.05, 4.69) is 15.6 Å². The summed E-state index contributed by atoms with van der Waals surface area (Å²) in [5.41, 5.74) is 2.04. The molecule has 2 amide bonds. The predicted octanol–water partition coefficient (Wildman–Crippen LogP) is 2.18. The Balaban J connectivity index is 1.62. The number of halogens is 1. The highest BCUT2D eigenvalue weighted by atomic mass is 35.5. The summed E-state index contributed by atoms with van der Waals surface area (Å²) in [5.74, 6) is 0. The molecule has 6 heteroatoms. The molecule has 0 spiro atoms. The maximum atomic E-state index is 11.7. The molecular weight excluding hydrogens is 314 g/mol. The molecule has 3 N–H and O–H groups in total. The van der Waals surface area contributed by atoms with Crippen LogP contribution in [-0.4, -0.2) is 35.3 Å². The van der Waals surface area contributed by atoms with Gasteiger partial charge in [0.1, 0.15) is 5.15 Å². The third-order valence-corrected chi connectivity index (χ3v) is 3.52. The number of hydrogen-bond donors (Lipinski definition) is 3. The summed E-state index contributed by atoms with van der Waals surface area (Å²) >= 11 is 5.71. The maximum absolute atomic E-state index is 11.7. The van der Waals surface area contributed by atoms with E-state index in [1.165, 1.54) is 0 Å². The van der Waals surface area contributed by atoms with Crippen LogP contribution in [0.1, 0.15) is 11.1 Å². The van der Waals surface area contributed by atoms with E-state index in [0.29, 0.717) is 24.5 Å². The molecule has 2 rings (SSSR count). The lowest BCUT2D eigenvalue weighted by molar-refractivity contribution is 0.170. The second-order valence-corrected chi connectivity index (χ2v) is 5.61. The molecule has 0 saturated heterocycles. The highest BCUT2D eigenvalue weighted by Crippen LogP contribution is 2.05. The van der Waals surface area contributed by atoms with Gasteiger partial charge < -0.3 is 15.7 Å². The Morgan fingerprint density at radius 3 is 2.61 bits per heavy atom. The molecular formula is C17H20ClN3O2. The molecule has 1 aromatic carbocycles. The normalized spacial score (nSPS) is 11.7. The first-order chi connectivity index (χ1) is 11.1. The van der Waals surface area contributed by atoms with Crippen LogP contribution in [0.2, 0.25) is 5.15 Å². The lowest BCUT2D eigenvalue weighted by Crippen LogP contribution is -2.41. The number of pyridine rings is 1. The minimum atomic E-state index is -0.608. The third-order valence-electron chi connectivity index (χ3n) is 3.30. The Kier molecular flexibility index (Phi) is 6.84. The van der Waals surface area contributed by atoms with Gasteiger partial charge in [0, 0.05) is 25.7 Å². The van der Waals surface area contributed by atoms with Gasteiger partial charge in [-0.15, -0.1) is 0 Å². The van der Waals surface area contributed by atoms with Gasteiger partial charge in [-0.2, -0.15) is 0 Å². The maximum Gasteiger partial charge on any atom is 0.314 e. The fraction of sp³-hybridized carbons (Fsp3) is 0.294. The lowest BCUT2D eigenvalue weighted by Gasteiger charge is -2.12. The number of urea groups is 1. The van der Waals surface area contributed by atoms with Crippen molar-refractivity contribution < 1.29 is 9.90 Å². The van der Waals surface area contributed by atoms with Gasteiger partial charge in [0.15, 0.2) is 0 Å². The number of nitrogens with zero attached hydrogens (tertiary/aromatic N) is 1. The van der Waals surface area contributed by atoms with Crippen LogP contribution in [0.15, 0.2) is 48.7 Å². The number of aliphatic hydroxyl groups excluding tert-OH is 1. The highest BCUT2D eigenvalue weighted by Gasteiger charge is 2.07. The van der Waals surface area contributed by atoms with Crippen molar-refractivity contribution in [2.45, 2.75) is 18.9 Å². The van der Waals surface area contributed by atoms with Crippen LogP contribution in [0.5, 0.6) is 0 Å². The fourth-order valence-corrected chi connectivity index (χ4v) is 2.22. The zero-order valence-electron chi connectivity index (χ0n) is 12.7. The summed E-state index contributed by atoms with van der Waals surface area (Å²) < 4.78 is 0. The van der Waals surface area contributed by atoms with Gasteiger partial charge in [0.05, 0.1) is 6.10 Å². The van der Waals surface area contributed by atoms with Crippen molar-refractivity contribution >= 4 is 17.6 Å². The van der Waals surface area contributed by atoms with Crippen molar-refractivity contribution in [3.8, 4) is 0 Å². The molecule has 0 aliphatic carbocycles. The van der Waals surface area contributed by atoms with Gasteiger partial charge in [-0.25, -0.2) is 9.78 Å². The van der Waals surface area contributed by atoms with Crippen molar-refractivity contribution in [1.29, 1.82) is 0 Å². The summed E-state index contributed by atoms with van der Waals surface area (Å²) in [6.07, 6.45) is 2.26. The van der Waals surface area contributed by atoms with Crippen molar-refractivity contribution in [1.82, 2.24) is 15.6 Å². The fourth-order valence-electron chi connectivity index (χ4n) is 2.11. The van der Waals surface area contributed by atoms with Gasteiger partial charge >= 0.3 is 6.03 Å². The number of rotatable bonds is 7. The summed E-state index contributed by atoms with van der Waals surface area (Å²) in [5, 5.41) is 15.8. The molecule has 5 nitrogen and oxygen atoms in total. The first-order valence-electron chi connectivity index (χ1n) is 7.47. The van der Waals surface area contributed by atoms with Crippen molar-refractivity contribution in [3.05, 3.63) is 64.9 Å². The summed E-state index contributed by atoms with van der Waals surface area (Å²) in [6, 6.07) is 13.0. The largest absolute Gasteiger partial charge is 0.391 e.